The number of amides is 2. The largest absolute Gasteiger partial charge is 0.349 e. The number of hydrogen-bond acceptors (Lipinski definition) is 2. The van der Waals surface area contributed by atoms with Gasteiger partial charge in [0.05, 0.1) is 0 Å². The molecular weight excluding hydrogens is 324 g/mol. The van der Waals surface area contributed by atoms with Crippen molar-refractivity contribution >= 4 is 11.8 Å². The van der Waals surface area contributed by atoms with Crippen LogP contribution in [0.5, 0.6) is 0 Å². The Balaban J connectivity index is 1.25. The minimum Gasteiger partial charge on any atom is -0.349 e. The summed E-state index contributed by atoms with van der Waals surface area (Å²) in [6.07, 6.45) is 9.48. The summed E-state index contributed by atoms with van der Waals surface area (Å²) in [5.74, 6) is 2.14. The van der Waals surface area contributed by atoms with Gasteiger partial charge in [0, 0.05) is 30.1 Å². The summed E-state index contributed by atoms with van der Waals surface area (Å²) < 4.78 is 0. The fraction of sp³-hybridized carbons (Fsp3) is 0.636. The Morgan fingerprint density at radius 3 is 2.31 bits per heavy atom. The molecule has 0 radical (unpaired) electrons. The number of carbonyl (C=O) groups is 2. The van der Waals surface area contributed by atoms with E-state index >= 15 is 0 Å². The van der Waals surface area contributed by atoms with Crippen LogP contribution in [-0.2, 0) is 11.3 Å². The Labute approximate surface area is 155 Å². The number of nitrogens with zero attached hydrogens (tertiary/aromatic N) is 1. The molecule has 26 heavy (non-hydrogen) atoms. The average Bonchev–Trinajstić information content (AvgIpc) is 3.58. The van der Waals surface area contributed by atoms with Crippen LogP contribution in [0, 0.1) is 17.8 Å². The zero-order valence-electron chi connectivity index (χ0n) is 15.3. The van der Waals surface area contributed by atoms with Crippen molar-refractivity contribution in [3.63, 3.8) is 0 Å². The van der Waals surface area contributed by atoms with Gasteiger partial charge in [-0.15, -0.1) is 0 Å². The van der Waals surface area contributed by atoms with E-state index in [1.807, 2.05) is 24.3 Å². The molecule has 4 fully saturated rings. The standard InChI is InChI=1S/C22H28N2O2/c25-21(23-18-7-8-18)16-4-1-14(2-5-16)13-24(19-9-10-19)22(26)20-12-15-3-6-17(20)11-15/h1-2,4-5,15,17-20H,3,6-13H2,(H,23,25). The van der Waals surface area contributed by atoms with Crippen LogP contribution in [0.15, 0.2) is 24.3 Å². The third-order valence-corrected chi connectivity index (χ3v) is 6.81. The number of fused-ring (bicyclic) bond motifs is 2. The van der Waals surface area contributed by atoms with E-state index in [9.17, 15) is 9.59 Å². The number of hydrogen-bond donors (Lipinski definition) is 1. The molecule has 5 rings (SSSR count). The molecule has 1 aromatic carbocycles. The van der Waals surface area contributed by atoms with E-state index in [0.717, 1.165) is 49.1 Å². The minimum atomic E-state index is 0.0242. The second-order valence-electron chi connectivity index (χ2n) is 8.92. The maximum Gasteiger partial charge on any atom is 0.251 e. The Hall–Kier alpha value is -1.84. The molecule has 4 saturated carbocycles. The quantitative estimate of drug-likeness (QED) is 0.852. The highest BCUT2D eigenvalue weighted by Crippen LogP contribution is 2.49. The Bertz CT molecular complexity index is 705. The lowest BCUT2D eigenvalue weighted by Crippen LogP contribution is -2.39. The zero-order chi connectivity index (χ0) is 17.7. The van der Waals surface area contributed by atoms with Crippen molar-refractivity contribution in [3.8, 4) is 0 Å². The molecule has 0 heterocycles. The van der Waals surface area contributed by atoms with E-state index in [1.54, 1.807) is 0 Å². The topological polar surface area (TPSA) is 49.4 Å². The van der Waals surface area contributed by atoms with E-state index in [1.165, 1.54) is 19.3 Å². The predicted octanol–water partition coefficient (Wildman–Crippen LogP) is 3.51. The van der Waals surface area contributed by atoms with Crippen LogP contribution >= 0.6 is 0 Å². The van der Waals surface area contributed by atoms with E-state index in [-0.39, 0.29) is 11.8 Å². The van der Waals surface area contributed by atoms with Crippen molar-refractivity contribution in [3.05, 3.63) is 35.4 Å². The molecule has 4 aliphatic rings. The summed E-state index contributed by atoms with van der Waals surface area (Å²) in [5.41, 5.74) is 1.86. The van der Waals surface area contributed by atoms with Gasteiger partial charge in [-0.1, -0.05) is 18.6 Å². The molecule has 1 aromatic rings. The first-order valence-corrected chi connectivity index (χ1v) is 10.4. The van der Waals surface area contributed by atoms with Gasteiger partial charge in [0.15, 0.2) is 0 Å². The van der Waals surface area contributed by atoms with Gasteiger partial charge in [-0.05, 0) is 74.5 Å². The van der Waals surface area contributed by atoms with Gasteiger partial charge in [0.1, 0.15) is 0 Å². The first-order valence-electron chi connectivity index (χ1n) is 10.4. The summed E-state index contributed by atoms with van der Waals surface area (Å²) in [6.45, 7) is 0.696. The molecule has 1 N–H and O–H groups in total. The van der Waals surface area contributed by atoms with E-state index in [0.29, 0.717) is 30.5 Å². The van der Waals surface area contributed by atoms with Gasteiger partial charge >= 0.3 is 0 Å². The lowest BCUT2D eigenvalue weighted by molar-refractivity contribution is -0.138. The molecule has 0 aromatic heterocycles. The van der Waals surface area contributed by atoms with Crippen molar-refractivity contribution in [2.45, 2.75) is 70.0 Å². The summed E-state index contributed by atoms with van der Waals surface area (Å²) in [5, 5.41) is 3.03. The monoisotopic (exact) mass is 352 g/mol. The number of benzene rings is 1. The van der Waals surface area contributed by atoms with Crippen LogP contribution in [0.4, 0.5) is 0 Å². The normalized spacial score (nSPS) is 29.6. The molecule has 0 spiro atoms. The van der Waals surface area contributed by atoms with E-state index < -0.39 is 0 Å². The fourth-order valence-electron chi connectivity index (χ4n) is 4.99. The highest BCUT2D eigenvalue weighted by Gasteiger charge is 2.46. The highest BCUT2D eigenvalue weighted by atomic mass is 16.2. The van der Waals surface area contributed by atoms with Crippen LogP contribution in [0.1, 0.15) is 67.3 Å². The third-order valence-electron chi connectivity index (χ3n) is 6.81. The first-order chi connectivity index (χ1) is 12.7. The number of rotatable bonds is 6. The lowest BCUT2D eigenvalue weighted by Gasteiger charge is -2.29. The SMILES string of the molecule is O=C(NC1CC1)c1ccc(CN(C(=O)C2CC3CCC2C3)C2CC2)cc1. The molecule has 2 amide bonds. The first kappa shape index (κ1) is 16.3. The summed E-state index contributed by atoms with van der Waals surface area (Å²) in [7, 11) is 0. The van der Waals surface area contributed by atoms with E-state index in [4.69, 9.17) is 0 Å². The average molecular weight is 352 g/mol. The Kier molecular flexibility index (Phi) is 4.02. The Morgan fingerprint density at radius 1 is 0.962 bits per heavy atom. The Morgan fingerprint density at radius 2 is 1.73 bits per heavy atom. The highest BCUT2D eigenvalue weighted by molar-refractivity contribution is 5.94. The van der Waals surface area contributed by atoms with Gasteiger partial charge in [0.25, 0.3) is 5.91 Å². The second-order valence-corrected chi connectivity index (χ2v) is 8.92. The molecule has 3 unspecified atom stereocenters. The van der Waals surface area contributed by atoms with Crippen LogP contribution in [-0.4, -0.2) is 28.8 Å². The van der Waals surface area contributed by atoms with Crippen LogP contribution in [0.2, 0.25) is 0 Å². The van der Waals surface area contributed by atoms with Gasteiger partial charge in [-0.3, -0.25) is 9.59 Å². The molecule has 4 heteroatoms. The third kappa shape index (κ3) is 3.26. The fourth-order valence-corrected chi connectivity index (χ4v) is 4.99. The minimum absolute atomic E-state index is 0.0242. The van der Waals surface area contributed by atoms with Gasteiger partial charge in [0.2, 0.25) is 5.91 Å². The number of carbonyl (C=O) groups excluding carboxylic acids is 2. The maximum absolute atomic E-state index is 13.2. The summed E-state index contributed by atoms with van der Waals surface area (Å²) in [6, 6.07) is 8.67. The van der Waals surface area contributed by atoms with Crippen molar-refractivity contribution in [1.29, 1.82) is 0 Å². The van der Waals surface area contributed by atoms with Crippen LogP contribution in [0.3, 0.4) is 0 Å². The predicted molar refractivity (Wildman–Crippen MR) is 99.4 cm³/mol. The van der Waals surface area contributed by atoms with Crippen molar-refractivity contribution in [1.82, 2.24) is 10.2 Å². The molecule has 3 atom stereocenters. The summed E-state index contributed by atoms with van der Waals surface area (Å²) >= 11 is 0. The zero-order valence-corrected chi connectivity index (χ0v) is 15.3. The van der Waals surface area contributed by atoms with Crippen LogP contribution < -0.4 is 5.32 Å². The lowest BCUT2D eigenvalue weighted by atomic mass is 9.87. The van der Waals surface area contributed by atoms with E-state index in [2.05, 4.69) is 10.2 Å². The van der Waals surface area contributed by atoms with Crippen molar-refractivity contribution in [2.24, 2.45) is 17.8 Å². The molecular formula is C22H28N2O2. The van der Waals surface area contributed by atoms with Crippen molar-refractivity contribution < 1.29 is 9.59 Å². The second kappa shape index (κ2) is 6.40. The molecule has 0 aliphatic heterocycles. The number of nitrogens with one attached hydrogen (secondary N) is 1. The molecule has 0 saturated heterocycles. The molecule has 4 aliphatic carbocycles. The smallest absolute Gasteiger partial charge is 0.251 e. The molecule has 138 valence electrons. The molecule has 2 bridgehead atoms. The van der Waals surface area contributed by atoms with Crippen LogP contribution in [0.25, 0.3) is 0 Å². The maximum atomic E-state index is 13.2. The van der Waals surface area contributed by atoms with Gasteiger partial charge < -0.3 is 10.2 Å². The molecule has 4 nitrogen and oxygen atoms in total. The summed E-state index contributed by atoms with van der Waals surface area (Å²) in [4.78, 5) is 27.5. The van der Waals surface area contributed by atoms with Gasteiger partial charge in [-0.25, -0.2) is 0 Å². The van der Waals surface area contributed by atoms with Crippen molar-refractivity contribution in [2.75, 3.05) is 0 Å². The van der Waals surface area contributed by atoms with Gasteiger partial charge in [-0.2, -0.15) is 0 Å².